The van der Waals surface area contributed by atoms with Crippen LogP contribution in [-0.4, -0.2) is 48.0 Å². The maximum Gasteiger partial charge on any atom is 0.410 e. The van der Waals surface area contributed by atoms with Gasteiger partial charge in [-0.3, -0.25) is 0 Å². The van der Waals surface area contributed by atoms with E-state index in [4.69, 9.17) is 9.47 Å². The topological polar surface area (TPSA) is 55.8 Å². The third-order valence-corrected chi connectivity index (χ3v) is 7.09. The number of carbonyl (C=O) groups excluding carboxylic acids is 2. The Labute approximate surface area is 164 Å². The van der Waals surface area contributed by atoms with Gasteiger partial charge in [0.2, 0.25) is 0 Å². The summed E-state index contributed by atoms with van der Waals surface area (Å²) in [4.78, 5) is 27.3. The lowest BCUT2D eigenvalue weighted by Gasteiger charge is -2.42. The van der Waals surface area contributed by atoms with Gasteiger partial charge in [-0.2, -0.15) is 0 Å². The highest BCUT2D eigenvalue weighted by Crippen LogP contribution is 2.43. The predicted octanol–water partition coefficient (Wildman–Crippen LogP) is 4.76. The van der Waals surface area contributed by atoms with Crippen molar-refractivity contribution in [2.45, 2.75) is 69.2 Å². The van der Waals surface area contributed by atoms with Crippen molar-refractivity contribution in [3.05, 3.63) is 16.0 Å². The molecule has 1 unspecified atom stereocenters. The van der Waals surface area contributed by atoms with Gasteiger partial charge in [-0.15, -0.1) is 23.1 Å². The molecule has 1 aromatic rings. The lowest BCUT2D eigenvalue weighted by molar-refractivity contribution is 0.00532. The van der Waals surface area contributed by atoms with Gasteiger partial charge in [0.25, 0.3) is 0 Å². The van der Waals surface area contributed by atoms with E-state index in [2.05, 4.69) is 6.92 Å². The van der Waals surface area contributed by atoms with E-state index in [1.165, 1.54) is 16.9 Å². The number of carbonyl (C=O) groups is 2. The van der Waals surface area contributed by atoms with Crippen molar-refractivity contribution in [3.8, 4) is 0 Å². The number of esters is 1. The van der Waals surface area contributed by atoms with Crippen LogP contribution in [0.15, 0.2) is 4.21 Å². The summed E-state index contributed by atoms with van der Waals surface area (Å²) in [5, 5.41) is 0. The third-order valence-electron chi connectivity index (χ3n) is 4.67. The van der Waals surface area contributed by atoms with Crippen molar-refractivity contribution in [3.63, 3.8) is 0 Å². The molecule has 1 aromatic heterocycles. The van der Waals surface area contributed by atoms with Crippen molar-refractivity contribution in [1.29, 1.82) is 0 Å². The van der Waals surface area contributed by atoms with Crippen LogP contribution < -0.4 is 0 Å². The lowest BCUT2D eigenvalue weighted by atomic mass is 9.79. The van der Waals surface area contributed by atoms with Gasteiger partial charge in [0, 0.05) is 12.6 Å². The van der Waals surface area contributed by atoms with Crippen molar-refractivity contribution in [2.24, 2.45) is 0 Å². The van der Waals surface area contributed by atoms with Crippen LogP contribution in [0.3, 0.4) is 0 Å². The Morgan fingerprint density at radius 1 is 1.31 bits per heavy atom. The van der Waals surface area contributed by atoms with Crippen LogP contribution in [0.4, 0.5) is 4.79 Å². The summed E-state index contributed by atoms with van der Waals surface area (Å²) in [5.74, 6) is -0.238. The first kappa shape index (κ1) is 21.1. The molecule has 1 aliphatic carbocycles. The summed E-state index contributed by atoms with van der Waals surface area (Å²) in [6.45, 7) is 9.90. The Balaban J connectivity index is 2.30. The smallest absolute Gasteiger partial charge is 0.410 e. The second-order valence-corrected chi connectivity index (χ2v) is 9.91. The lowest BCUT2D eigenvalue weighted by Crippen LogP contribution is -2.52. The molecule has 0 saturated heterocycles. The molecule has 0 N–H and O–H groups in total. The van der Waals surface area contributed by atoms with Gasteiger partial charge in [-0.25, -0.2) is 9.59 Å². The molecule has 0 radical (unpaired) electrons. The van der Waals surface area contributed by atoms with E-state index in [1.807, 2.05) is 34.0 Å². The monoisotopic (exact) mass is 399 g/mol. The number of hydrogen-bond donors (Lipinski definition) is 0. The first-order chi connectivity index (χ1) is 12.0. The summed E-state index contributed by atoms with van der Waals surface area (Å²) in [6, 6.07) is 0. The first-order valence-corrected chi connectivity index (χ1v) is 10.9. The number of likely N-dealkylation sites (N-methyl/N-ethyl adjacent to an activating group) is 1. The van der Waals surface area contributed by atoms with Crippen molar-refractivity contribution < 1.29 is 19.1 Å². The minimum absolute atomic E-state index is 0.238. The number of ether oxygens (including phenoxy) is 2. The molecule has 5 nitrogen and oxygen atoms in total. The number of amides is 1. The van der Waals surface area contributed by atoms with E-state index in [0.29, 0.717) is 17.9 Å². The molecule has 26 heavy (non-hydrogen) atoms. The second kappa shape index (κ2) is 7.80. The molecular formula is C19H29NO4S2. The molecule has 0 saturated carbocycles. The summed E-state index contributed by atoms with van der Waals surface area (Å²) in [6.07, 6.45) is 3.96. The standard InChI is InChI=1S/C19H29NO4S2/c1-8-23-15(21)14-12-9-10-19(5,11-13(12)16(25-7)26-14)20(6)17(22)24-18(2,3)4/h8-11H2,1-7H3. The van der Waals surface area contributed by atoms with Crippen LogP contribution in [0.2, 0.25) is 0 Å². The van der Waals surface area contributed by atoms with Crippen LogP contribution >= 0.6 is 23.1 Å². The molecule has 1 aliphatic rings. The highest BCUT2D eigenvalue weighted by atomic mass is 32.2. The molecule has 1 amide bonds. The fourth-order valence-electron chi connectivity index (χ4n) is 3.15. The van der Waals surface area contributed by atoms with E-state index in [9.17, 15) is 9.59 Å². The quantitative estimate of drug-likeness (QED) is 0.540. The van der Waals surface area contributed by atoms with E-state index in [1.54, 1.807) is 23.7 Å². The van der Waals surface area contributed by atoms with Crippen molar-refractivity contribution in [2.75, 3.05) is 19.9 Å². The zero-order valence-corrected chi connectivity index (χ0v) is 18.4. The maximum absolute atomic E-state index is 12.6. The molecule has 0 aliphatic heterocycles. The fourth-order valence-corrected chi connectivity index (χ4v) is 5.17. The zero-order chi connectivity index (χ0) is 19.7. The van der Waals surface area contributed by atoms with Crippen LogP contribution in [0, 0.1) is 0 Å². The minimum atomic E-state index is -0.522. The Bertz CT molecular complexity index is 692. The molecule has 146 valence electrons. The predicted molar refractivity (Wildman–Crippen MR) is 106 cm³/mol. The normalized spacial score (nSPS) is 19.7. The summed E-state index contributed by atoms with van der Waals surface area (Å²) in [5.41, 5.74) is 1.40. The molecular weight excluding hydrogens is 370 g/mol. The Morgan fingerprint density at radius 3 is 2.50 bits per heavy atom. The van der Waals surface area contributed by atoms with E-state index >= 15 is 0 Å². The van der Waals surface area contributed by atoms with Gasteiger partial charge in [0.05, 0.1) is 10.8 Å². The van der Waals surface area contributed by atoms with Gasteiger partial charge in [-0.1, -0.05) is 0 Å². The number of rotatable bonds is 4. The molecule has 7 heteroatoms. The summed E-state index contributed by atoms with van der Waals surface area (Å²) >= 11 is 3.15. The number of thiophene rings is 1. The minimum Gasteiger partial charge on any atom is -0.462 e. The largest absolute Gasteiger partial charge is 0.462 e. The van der Waals surface area contributed by atoms with Crippen molar-refractivity contribution >= 4 is 35.2 Å². The van der Waals surface area contributed by atoms with Gasteiger partial charge in [0.1, 0.15) is 10.5 Å². The van der Waals surface area contributed by atoms with Crippen LogP contribution in [-0.2, 0) is 22.3 Å². The van der Waals surface area contributed by atoms with Gasteiger partial charge < -0.3 is 14.4 Å². The number of fused-ring (bicyclic) bond motifs is 1. The molecule has 1 atom stereocenters. The summed E-state index contributed by atoms with van der Waals surface area (Å²) < 4.78 is 11.9. The Kier molecular flexibility index (Phi) is 6.33. The first-order valence-electron chi connectivity index (χ1n) is 8.85. The number of thioether (sulfide) groups is 1. The third kappa shape index (κ3) is 4.36. The second-order valence-electron chi connectivity index (χ2n) is 7.81. The molecule has 1 heterocycles. The van der Waals surface area contributed by atoms with E-state index in [-0.39, 0.29) is 17.6 Å². The zero-order valence-electron chi connectivity index (χ0n) is 16.7. The van der Waals surface area contributed by atoms with Gasteiger partial charge in [0.15, 0.2) is 0 Å². The average molecular weight is 400 g/mol. The maximum atomic E-state index is 12.6. The van der Waals surface area contributed by atoms with Crippen LogP contribution in [0.5, 0.6) is 0 Å². The fraction of sp³-hybridized carbons (Fsp3) is 0.684. The van der Waals surface area contributed by atoms with Crippen LogP contribution in [0.25, 0.3) is 0 Å². The van der Waals surface area contributed by atoms with E-state index < -0.39 is 5.60 Å². The molecule has 0 aromatic carbocycles. The SMILES string of the molecule is CCOC(=O)c1sc(SC)c2c1CCC(C)(N(C)C(=O)OC(C)(C)C)C2. The highest BCUT2D eigenvalue weighted by molar-refractivity contribution is 8.00. The van der Waals surface area contributed by atoms with Crippen molar-refractivity contribution in [1.82, 2.24) is 4.90 Å². The molecule has 0 bridgehead atoms. The summed E-state index contributed by atoms with van der Waals surface area (Å²) in [7, 11) is 1.80. The van der Waals surface area contributed by atoms with E-state index in [0.717, 1.165) is 22.6 Å². The van der Waals surface area contributed by atoms with Gasteiger partial charge >= 0.3 is 12.1 Å². The molecule has 2 rings (SSSR count). The van der Waals surface area contributed by atoms with Crippen LogP contribution in [0.1, 0.15) is 61.8 Å². The Hall–Kier alpha value is -1.21. The molecule has 0 spiro atoms. The molecule has 0 fully saturated rings. The number of nitrogens with zero attached hydrogens (tertiary/aromatic N) is 1. The Morgan fingerprint density at radius 2 is 1.96 bits per heavy atom. The highest BCUT2D eigenvalue weighted by Gasteiger charge is 2.41. The number of hydrogen-bond acceptors (Lipinski definition) is 6. The van der Waals surface area contributed by atoms with Gasteiger partial charge in [-0.05, 0) is 71.3 Å². The average Bonchev–Trinajstić information content (AvgIpc) is 2.90.